The van der Waals surface area contributed by atoms with Gasteiger partial charge in [0.2, 0.25) is 5.15 Å². The first kappa shape index (κ1) is 12.3. The first-order valence-corrected chi connectivity index (χ1v) is 5.68. The average Bonchev–Trinajstić information content (AvgIpc) is 2.28. The fraction of sp³-hybridized carbons (Fsp3) is 0.444. The number of halogens is 2. The predicted molar refractivity (Wildman–Crippen MR) is 63.9 cm³/mol. The van der Waals surface area contributed by atoms with Crippen LogP contribution in [-0.4, -0.2) is 36.2 Å². The largest absolute Gasteiger partial charge is 0.378 e. The Balaban J connectivity index is 2.34. The lowest BCUT2D eigenvalue weighted by atomic mass is 10.3. The molecule has 0 bridgehead atoms. The molecule has 0 unspecified atom stereocenters. The summed E-state index contributed by atoms with van der Waals surface area (Å²) in [6.45, 7) is 2.51. The molecule has 1 saturated heterocycles. The Labute approximate surface area is 107 Å². The molecule has 2 heterocycles. The summed E-state index contributed by atoms with van der Waals surface area (Å²) in [6.07, 6.45) is 0. The van der Waals surface area contributed by atoms with E-state index in [1.54, 1.807) is 0 Å². The molecule has 0 aliphatic carbocycles. The molecule has 0 spiro atoms. The third-order valence-electron chi connectivity index (χ3n) is 2.41. The second kappa shape index (κ2) is 5.03. The molecule has 0 aromatic carbocycles. The first-order valence-electron chi connectivity index (χ1n) is 4.92. The zero-order valence-corrected chi connectivity index (χ0v) is 10.2. The summed E-state index contributed by atoms with van der Waals surface area (Å²) >= 11 is 11.6. The number of hydrogen-bond donors (Lipinski definition) is 0. The Kier molecular flexibility index (Phi) is 3.66. The number of nitrogens with zero attached hydrogens (tertiary/aromatic N) is 3. The monoisotopic (exact) mass is 277 g/mol. The SMILES string of the molecule is O=[N+]([O-])c1c(Cl)cc(N2CCOCC2)nc1Cl. The number of anilines is 1. The topological polar surface area (TPSA) is 68.5 Å². The molecule has 0 N–H and O–H groups in total. The number of hydrogen-bond acceptors (Lipinski definition) is 5. The third-order valence-corrected chi connectivity index (χ3v) is 2.96. The van der Waals surface area contributed by atoms with E-state index in [2.05, 4.69) is 4.98 Å². The molecule has 1 aromatic rings. The van der Waals surface area contributed by atoms with Gasteiger partial charge in [-0.1, -0.05) is 23.2 Å². The van der Waals surface area contributed by atoms with Crippen molar-refractivity contribution in [2.24, 2.45) is 0 Å². The Hall–Kier alpha value is -1.11. The maximum atomic E-state index is 10.7. The lowest BCUT2D eigenvalue weighted by Crippen LogP contribution is -2.36. The molecular formula is C9H9Cl2N3O3. The van der Waals surface area contributed by atoms with Gasteiger partial charge in [0.05, 0.1) is 18.1 Å². The van der Waals surface area contributed by atoms with Crippen molar-refractivity contribution in [3.8, 4) is 0 Å². The minimum atomic E-state index is -0.638. The Bertz CT molecular complexity index is 426. The molecule has 17 heavy (non-hydrogen) atoms. The summed E-state index contributed by atoms with van der Waals surface area (Å²) in [5.74, 6) is 0.536. The summed E-state index contributed by atoms with van der Waals surface area (Å²) < 4.78 is 5.20. The molecule has 0 radical (unpaired) electrons. The summed E-state index contributed by atoms with van der Waals surface area (Å²) in [6, 6.07) is 1.46. The lowest BCUT2D eigenvalue weighted by Gasteiger charge is -2.27. The van der Waals surface area contributed by atoms with E-state index in [0.717, 1.165) is 0 Å². The molecular weight excluding hydrogens is 269 g/mol. The molecule has 1 fully saturated rings. The average molecular weight is 278 g/mol. The van der Waals surface area contributed by atoms with Crippen LogP contribution in [0.3, 0.4) is 0 Å². The quantitative estimate of drug-likeness (QED) is 0.471. The zero-order chi connectivity index (χ0) is 12.4. The van der Waals surface area contributed by atoms with Crippen LogP contribution in [0.5, 0.6) is 0 Å². The summed E-state index contributed by atoms with van der Waals surface area (Å²) in [4.78, 5) is 16.0. The van der Waals surface area contributed by atoms with Gasteiger partial charge in [0, 0.05) is 19.2 Å². The number of aromatic nitrogens is 1. The highest BCUT2D eigenvalue weighted by Gasteiger charge is 2.23. The van der Waals surface area contributed by atoms with E-state index in [0.29, 0.717) is 32.1 Å². The fourth-order valence-electron chi connectivity index (χ4n) is 1.58. The summed E-state index contributed by atoms with van der Waals surface area (Å²) in [5, 5.41) is 10.5. The van der Waals surface area contributed by atoms with Gasteiger partial charge in [-0.15, -0.1) is 0 Å². The van der Waals surface area contributed by atoms with Gasteiger partial charge in [0.25, 0.3) is 0 Å². The van der Waals surface area contributed by atoms with Gasteiger partial charge in [-0.2, -0.15) is 0 Å². The van der Waals surface area contributed by atoms with Gasteiger partial charge in [-0.05, 0) is 0 Å². The van der Waals surface area contributed by atoms with Gasteiger partial charge in [0.1, 0.15) is 10.8 Å². The minimum Gasteiger partial charge on any atom is -0.378 e. The number of ether oxygens (including phenoxy) is 1. The van der Waals surface area contributed by atoms with Crippen LogP contribution in [0.1, 0.15) is 0 Å². The molecule has 92 valence electrons. The van der Waals surface area contributed by atoms with E-state index in [-0.39, 0.29) is 15.9 Å². The van der Waals surface area contributed by atoms with E-state index in [9.17, 15) is 10.1 Å². The highest BCUT2D eigenvalue weighted by atomic mass is 35.5. The number of morpholine rings is 1. The second-order valence-electron chi connectivity index (χ2n) is 3.46. The molecule has 0 atom stereocenters. The van der Waals surface area contributed by atoms with Crippen LogP contribution < -0.4 is 4.90 Å². The molecule has 0 amide bonds. The van der Waals surface area contributed by atoms with Crippen molar-refractivity contribution in [3.63, 3.8) is 0 Å². The molecule has 2 rings (SSSR count). The molecule has 8 heteroatoms. The van der Waals surface area contributed by atoms with Gasteiger partial charge in [-0.3, -0.25) is 10.1 Å². The van der Waals surface area contributed by atoms with Gasteiger partial charge < -0.3 is 9.64 Å². The number of pyridine rings is 1. The maximum absolute atomic E-state index is 10.7. The van der Waals surface area contributed by atoms with E-state index in [1.165, 1.54) is 6.07 Å². The molecule has 0 saturated carbocycles. The van der Waals surface area contributed by atoms with E-state index in [4.69, 9.17) is 27.9 Å². The first-order chi connectivity index (χ1) is 8.09. The Morgan fingerprint density at radius 2 is 2.06 bits per heavy atom. The number of rotatable bonds is 2. The van der Waals surface area contributed by atoms with Crippen LogP contribution in [0.2, 0.25) is 10.2 Å². The van der Waals surface area contributed by atoms with Crippen molar-refractivity contribution in [1.29, 1.82) is 0 Å². The van der Waals surface area contributed by atoms with Crippen molar-refractivity contribution in [1.82, 2.24) is 4.98 Å². The standard InChI is InChI=1S/C9H9Cl2N3O3/c10-6-5-7(13-1-3-17-4-2-13)12-9(11)8(6)14(15)16/h5H,1-4H2. The van der Waals surface area contributed by atoms with Crippen molar-refractivity contribution in [2.75, 3.05) is 31.2 Å². The predicted octanol–water partition coefficient (Wildman–Crippen LogP) is 2.13. The normalized spacial score (nSPS) is 16.0. The fourth-order valence-corrected chi connectivity index (χ4v) is 2.14. The van der Waals surface area contributed by atoms with Crippen LogP contribution in [0.15, 0.2) is 6.07 Å². The van der Waals surface area contributed by atoms with Crippen LogP contribution in [0.25, 0.3) is 0 Å². The Morgan fingerprint density at radius 1 is 1.41 bits per heavy atom. The summed E-state index contributed by atoms with van der Waals surface area (Å²) in [5.41, 5.74) is -0.356. The van der Waals surface area contributed by atoms with Crippen molar-refractivity contribution in [3.05, 3.63) is 26.4 Å². The Morgan fingerprint density at radius 3 is 2.59 bits per heavy atom. The highest BCUT2D eigenvalue weighted by Crippen LogP contribution is 2.34. The minimum absolute atomic E-state index is 0.00325. The van der Waals surface area contributed by atoms with Crippen LogP contribution in [-0.2, 0) is 4.74 Å². The molecule has 1 aliphatic heterocycles. The van der Waals surface area contributed by atoms with Gasteiger partial charge in [-0.25, -0.2) is 4.98 Å². The van der Waals surface area contributed by atoms with E-state index >= 15 is 0 Å². The maximum Gasteiger partial charge on any atom is 0.325 e. The lowest BCUT2D eigenvalue weighted by molar-refractivity contribution is -0.384. The highest BCUT2D eigenvalue weighted by molar-refractivity contribution is 6.37. The smallest absolute Gasteiger partial charge is 0.325 e. The van der Waals surface area contributed by atoms with Gasteiger partial charge in [0.15, 0.2) is 0 Å². The molecule has 1 aromatic heterocycles. The third kappa shape index (κ3) is 2.59. The van der Waals surface area contributed by atoms with Crippen molar-refractivity contribution >= 4 is 34.7 Å². The van der Waals surface area contributed by atoms with Crippen LogP contribution in [0, 0.1) is 10.1 Å². The summed E-state index contributed by atoms with van der Waals surface area (Å²) in [7, 11) is 0. The van der Waals surface area contributed by atoms with E-state index in [1.807, 2.05) is 4.90 Å². The van der Waals surface area contributed by atoms with E-state index < -0.39 is 4.92 Å². The van der Waals surface area contributed by atoms with Crippen molar-refractivity contribution < 1.29 is 9.66 Å². The molecule has 6 nitrogen and oxygen atoms in total. The second-order valence-corrected chi connectivity index (χ2v) is 4.22. The zero-order valence-electron chi connectivity index (χ0n) is 8.73. The van der Waals surface area contributed by atoms with Crippen LogP contribution >= 0.6 is 23.2 Å². The molecule has 1 aliphatic rings. The van der Waals surface area contributed by atoms with Crippen molar-refractivity contribution in [2.45, 2.75) is 0 Å². The van der Waals surface area contributed by atoms with Crippen LogP contribution in [0.4, 0.5) is 11.5 Å². The number of nitro groups is 1. The van der Waals surface area contributed by atoms with Gasteiger partial charge >= 0.3 is 5.69 Å².